The smallest absolute Gasteiger partial charge is 0.329 e. The molecule has 0 bridgehead atoms. The van der Waals surface area contributed by atoms with Crippen LogP contribution >= 0.6 is 0 Å². The van der Waals surface area contributed by atoms with Crippen LogP contribution in [0.1, 0.15) is 12.5 Å². The van der Waals surface area contributed by atoms with Crippen molar-refractivity contribution in [3.63, 3.8) is 0 Å². The summed E-state index contributed by atoms with van der Waals surface area (Å²) < 4.78 is 15.7. The van der Waals surface area contributed by atoms with Crippen molar-refractivity contribution in [2.45, 2.75) is 6.92 Å². The van der Waals surface area contributed by atoms with Gasteiger partial charge in [-0.25, -0.2) is 5.43 Å². The normalized spacial score (nSPS) is 10.3. The first-order valence-electron chi connectivity index (χ1n) is 8.16. The van der Waals surface area contributed by atoms with Crippen molar-refractivity contribution < 1.29 is 23.8 Å². The number of nitrogens with one attached hydrogen (secondary N) is 2. The number of hydrazone groups is 1. The molecule has 8 nitrogen and oxygen atoms in total. The van der Waals surface area contributed by atoms with E-state index >= 15 is 0 Å². The van der Waals surface area contributed by atoms with E-state index in [1.165, 1.54) is 20.4 Å². The third-order valence-corrected chi connectivity index (χ3v) is 3.44. The van der Waals surface area contributed by atoms with E-state index in [0.29, 0.717) is 35.1 Å². The van der Waals surface area contributed by atoms with E-state index < -0.39 is 11.8 Å². The van der Waals surface area contributed by atoms with Crippen LogP contribution in [0.5, 0.6) is 17.2 Å². The Bertz CT molecular complexity index is 819. The first-order chi connectivity index (χ1) is 13.1. The molecular weight excluding hydrogens is 350 g/mol. The molecule has 0 heterocycles. The Hall–Kier alpha value is -3.55. The van der Waals surface area contributed by atoms with Gasteiger partial charge in [0.2, 0.25) is 0 Å². The maximum atomic E-state index is 11.9. The van der Waals surface area contributed by atoms with E-state index in [1.807, 2.05) is 6.92 Å². The maximum absolute atomic E-state index is 11.9. The summed E-state index contributed by atoms with van der Waals surface area (Å²) >= 11 is 0. The molecule has 2 aromatic carbocycles. The molecule has 2 aromatic rings. The summed E-state index contributed by atoms with van der Waals surface area (Å²) in [6.07, 6.45) is 1.36. The minimum atomic E-state index is -0.901. The summed E-state index contributed by atoms with van der Waals surface area (Å²) in [6.45, 7) is 2.42. The van der Waals surface area contributed by atoms with Gasteiger partial charge in [0.15, 0.2) is 0 Å². The Morgan fingerprint density at radius 3 is 2.33 bits per heavy atom. The van der Waals surface area contributed by atoms with Crippen LogP contribution in [0.15, 0.2) is 47.6 Å². The van der Waals surface area contributed by atoms with Gasteiger partial charge in [-0.2, -0.15) is 5.10 Å². The van der Waals surface area contributed by atoms with Gasteiger partial charge in [-0.3, -0.25) is 9.59 Å². The quantitative estimate of drug-likeness (QED) is 0.442. The summed E-state index contributed by atoms with van der Waals surface area (Å²) in [5, 5.41) is 6.26. The highest BCUT2D eigenvalue weighted by molar-refractivity contribution is 6.39. The van der Waals surface area contributed by atoms with Crippen LogP contribution in [-0.4, -0.2) is 38.9 Å². The van der Waals surface area contributed by atoms with Gasteiger partial charge in [0.25, 0.3) is 0 Å². The molecule has 0 spiro atoms. The van der Waals surface area contributed by atoms with Crippen molar-refractivity contribution in [1.82, 2.24) is 5.43 Å². The number of hydrogen-bond donors (Lipinski definition) is 2. The molecule has 27 heavy (non-hydrogen) atoms. The Morgan fingerprint density at radius 1 is 1.00 bits per heavy atom. The molecule has 2 amide bonds. The molecule has 0 aliphatic heterocycles. The average molecular weight is 371 g/mol. The number of benzene rings is 2. The zero-order valence-electron chi connectivity index (χ0n) is 15.3. The third kappa shape index (κ3) is 5.74. The molecular formula is C19H21N3O5. The molecule has 0 saturated heterocycles. The van der Waals surface area contributed by atoms with Crippen LogP contribution in [0.4, 0.5) is 5.69 Å². The van der Waals surface area contributed by atoms with Gasteiger partial charge in [0.05, 0.1) is 27.0 Å². The van der Waals surface area contributed by atoms with E-state index in [9.17, 15) is 9.59 Å². The average Bonchev–Trinajstić information content (AvgIpc) is 2.69. The second kappa shape index (κ2) is 9.81. The number of carbonyl (C=O) groups excluding carboxylic acids is 2. The van der Waals surface area contributed by atoms with Crippen molar-refractivity contribution in [3.05, 3.63) is 48.0 Å². The SMILES string of the molecule is CCOc1ccc(NC(=O)C(=O)N/N=C/c2cc(OC)ccc2OC)cc1. The van der Waals surface area contributed by atoms with E-state index in [0.717, 1.165) is 0 Å². The summed E-state index contributed by atoms with van der Waals surface area (Å²) in [7, 11) is 3.05. The van der Waals surface area contributed by atoms with E-state index in [1.54, 1.807) is 42.5 Å². The van der Waals surface area contributed by atoms with Crippen LogP contribution in [0, 0.1) is 0 Å². The lowest BCUT2D eigenvalue weighted by atomic mass is 10.2. The number of hydrogen-bond acceptors (Lipinski definition) is 6. The molecule has 0 unspecified atom stereocenters. The van der Waals surface area contributed by atoms with Gasteiger partial charge in [-0.1, -0.05) is 0 Å². The van der Waals surface area contributed by atoms with Crippen LogP contribution < -0.4 is 25.0 Å². The van der Waals surface area contributed by atoms with Gasteiger partial charge in [0.1, 0.15) is 17.2 Å². The van der Waals surface area contributed by atoms with Gasteiger partial charge in [0, 0.05) is 11.3 Å². The topological polar surface area (TPSA) is 98.2 Å². The monoisotopic (exact) mass is 371 g/mol. The highest BCUT2D eigenvalue weighted by atomic mass is 16.5. The fourth-order valence-electron chi connectivity index (χ4n) is 2.14. The Labute approximate surface area is 157 Å². The maximum Gasteiger partial charge on any atom is 0.329 e. The zero-order valence-corrected chi connectivity index (χ0v) is 15.3. The van der Waals surface area contributed by atoms with Gasteiger partial charge >= 0.3 is 11.8 Å². The number of methoxy groups -OCH3 is 2. The van der Waals surface area contributed by atoms with Crippen LogP contribution in [0.3, 0.4) is 0 Å². The van der Waals surface area contributed by atoms with Crippen LogP contribution in [0.25, 0.3) is 0 Å². The fourth-order valence-corrected chi connectivity index (χ4v) is 2.14. The first-order valence-corrected chi connectivity index (χ1v) is 8.16. The minimum Gasteiger partial charge on any atom is -0.497 e. The minimum absolute atomic E-state index is 0.469. The van der Waals surface area contributed by atoms with Crippen LogP contribution in [-0.2, 0) is 9.59 Å². The molecule has 2 N–H and O–H groups in total. The molecule has 8 heteroatoms. The summed E-state index contributed by atoms with van der Waals surface area (Å²) in [4.78, 5) is 23.8. The zero-order chi connectivity index (χ0) is 19.6. The fraction of sp³-hybridized carbons (Fsp3) is 0.211. The molecule has 0 aromatic heterocycles. The van der Waals surface area contributed by atoms with Crippen molar-refractivity contribution in [2.75, 3.05) is 26.1 Å². The summed E-state index contributed by atoms with van der Waals surface area (Å²) in [5.41, 5.74) is 3.23. The molecule has 142 valence electrons. The van der Waals surface area contributed by atoms with E-state index in [4.69, 9.17) is 14.2 Å². The highest BCUT2D eigenvalue weighted by Crippen LogP contribution is 2.22. The highest BCUT2D eigenvalue weighted by Gasteiger charge is 2.13. The predicted octanol–water partition coefficient (Wildman–Crippen LogP) is 2.19. The number of nitrogens with zero attached hydrogens (tertiary/aromatic N) is 1. The summed E-state index contributed by atoms with van der Waals surface area (Å²) in [5.74, 6) is 0.0946. The molecule has 2 rings (SSSR count). The molecule has 0 atom stereocenters. The van der Waals surface area contributed by atoms with Crippen molar-refractivity contribution in [2.24, 2.45) is 5.10 Å². The number of anilines is 1. The van der Waals surface area contributed by atoms with Crippen LogP contribution in [0.2, 0.25) is 0 Å². The first kappa shape index (κ1) is 19.8. The number of amides is 2. The van der Waals surface area contributed by atoms with E-state index in [-0.39, 0.29) is 0 Å². The molecule has 0 fully saturated rings. The largest absolute Gasteiger partial charge is 0.497 e. The lowest BCUT2D eigenvalue weighted by Gasteiger charge is -2.07. The lowest BCUT2D eigenvalue weighted by molar-refractivity contribution is -0.136. The lowest BCUT2D eigenvalue weighted by Crippen LogP contribution is -2.32. The number of ether oxygens (including phenoxy) is 3. The van der Waals surface area contributed by atoms with Crippen molar-refractivity contribution in [3.8, 4) is 17.2 Å². The molecule has 0 radical (unpaired) electrons. The predicted molar refractivity (Wildman–Crippen MR) is 102 cm³/mol. The Balaban J connectivity index is 1.94. The van der Waals surface area contributed by atoms with Crippen molar-refractivity contribution >= 4 is 23.7 Å². The third-order valence-electron chi connectivity index (χ3n) is 3.44. The molecule has 0 saturated carbocycles. The molecule has 0 aliphatic carbocycles. The van der Waals surface area contributed by atoms with Crippen molar-refractivity contribution in [1.29, 1.82) is 0 Å². The Kier molecular flexibility index (Phi) is 7.18. The van der Waals surface area contributed by atoms with Gasteiger partial charge < -0.3 is 19.5 Å². The second-order valence-electron chi connectivity index (χ2n) is 5.22. The standard InChI is InChI=1S/C19H21N3O5/c1-4-27-15-7-5-14(6-8-15)21-18(23)19(24)22-20-12-13-11-16(25-2)9-10-17(13)26-3/h5-12H,4H2,1-3H3,(H,21,23)(H,22,24)/b20-12+. The molecule has 0 aliphatic rings. The summed E-state index contributed by atoms with van der Waals surface area (Å²) in [6, 6.07) is 11.8. The van der Waals surface area contributed by atoms with E-state index in [2.05, 4.69) is 15.8 Å². The van der Waals surface area contributed by atoms with Gasteiger partial charge in [-0.15, -0.1) is 0 Å². The number of carbonyl (C=O) groups is 2. The number of rotatable bonds is 7. The second-order valence-corrected chi connectivity index (χ2v) is 5.22. The Morgan fingerprint density at radius 2 is 1.70 bits per heavy atom. The van der Waals surface area contributed by atoms with Gasteiger partial charge in [-0.05, 0) is 49.4 Å².